The molecule has 12 rings (SSSR count). The zero-order valence-electron chi connectivity index (χ0n) is 37.1. The van der Waals surface area contributed by atoms with Crippen LogP contribution in [0, 0.1) is 0 Å². The molecule has 322 valence electrons. The van der Waals surface area contributed by atoms with Crippen molar-refractivity contribution in [3.63, 3.8) is 0 Å². The lowest BCUT2D eigenvalue weighted by Crippen LogP contribution is -2.10. The van der Waals surface area contributed by atoms with Gasteiger partial charge in [-0.2, -0.15) is 0 Å². The van der Waals surface area contributed by atoms with Gasteiger partial charge in [-0.05, 0) is 108 Å². The lowest BCUT2D eigenvalue weighted by atomic mass is 10.0. The molecule has 8 aromatic carbocycles. The van der Waals surface area contributed by atoms with Gasteiger partial charge in [0, 0.05) is 68.8 Å². The highest BCUT2D eigenvalue weighted by Gasteiger charge is 2.20. The number of hydrogen-bond donors (Lipinski definition) is 0. The van der Waals surface area contributed by atoms with Gasteiger partial charge >= 0.3 is 0 Å². The van der Waals surface area contributed by atoms with Gasteiger partial charge in [-0.25, -0.2) is 9.97 Å². The Labute approximate surface area is 395 Å². The number of anilines is 6. The third-order valence-corrected chi connectivity index (χ3v) is 12.5. The molecular formula is C62H44N6. The van der Waals surface area contributed by atoms with Crippen LogP contribution in [0.1, 0.15) is 0 Å². The second kappa shape index (κ2) is 17.6. The van der Waals surface area contributed by atoms with Crippen LogP contribution in [0.2, 0.25) is 0 Å². The summed E-state index contributed by atoms with van der Waals surface area (Å²) in [7, 11) is 0. The fraction of sp³-hybridized carbons (Fsp3) is 0. The third kappa shape index (κ3) is 7.56. The van der Waals surface area contributed by atoms with Crippen molar-refractivity contribution < 1.29 is 0 Å². The Balaban J connectivity index is 0.862. The van der Waals surface area contributed by atoms with Gasteiger partial charge in [0.05, 0.1) is 22.8 Å². The van der Waals surface area contributed by atoms with Crippen LogP contribution in [-0.2, 0) is 0 Å². The molecular weight excluding hydrogens is 829 g/mol. The molecule has 0 aliphatic rings. The normalized spacial score (nSPS) is 11.2. The van der Waals surface area contributed by atoms with Crippen LogP contribution >= 0.6 is 0 Å². The van der Waals surface area contributed by atoms with Crippen molar-refractivity contribution in [3.8, 4) is 56.2 Å². The summed E-state index contributed by atoms with van der Waals surface area (Å²) in [6.07, 6.45) is 4.18. The van der Waals surface area contributed by atoms with Crippen molar-refractivity contribution in [2.45, 2.75) is 0 Å². The highest BCUT2D eigenvalue weighted by Crippen LogP contribution is 2.42. The van der Waals surface area contributed by atoms with E-state index in [0.29, 0.717) is 0 Å². The van der Waals surface area contributed by atoms with Crippen LogP contribution in [0.4, 0.5) is 34.1 Å². The van der Waals surface area contributed by atoms with Crippen molar-refractivity contribution in [3.05, 3.63) is 267 Å². The Kier molecular flexibility index (Phi) is 10.4. The molecule has 12 aromatic rings. The molecule has 68 heavy (non-hydrogen) atoms. The highest BCUT2D eigenvalue weighted by atomic mass is 15.1. The molecule has 0 unspecified atom stereocenters. The van der Waals surface area contributed by atoms with Gasteiger partial charge in [0.15, 0.2) is 0 Å². The van der Waals surface area contributed by atoms with E-state index in [1.165, 1.54) is 0 Å². The molecule has 6 heteroatoms. The van der Waals surface area contributed by atoms with E-state index in [-0.39, 0.29) is 0 Å². The van der Waals surface area contributed by atoms with Gasteiger partial charge < -0.3 is 9.80 Å². The molecule has 6 nitrogen and oxygen atoms in total. The van der Waals surface area contributed by atoms with E-state index < -0.39 is 0 Å². The predicted octanol–water partition coefficient (Wildman–Crippen LogP) is 16.3. The summed E-state index contributed by atoms with van der Waals surface area (Å²) < 4.78 is 4.36. The second-order valence-corrected chi connectivity index (χ2v) is 16.7. The van der Waals surface area contributed by atoms with E-state index >= 15 is 0 Å². The molecule has 0 saturated heterocycles. The molecule has 0 aliphatic heterocycles. The molecule has 4 heterocycles. The largest absolute Gasteiger partial charge is 0.311 e. The summed E-state index contributed by atoms with van der Waals surface area (Å²) in [6.45, 7) is 0. The predicted molar refractivity (Wildman–Crippen MR) is 280 cm³/mol. The van der Waals surface area contributed by atoms with Crippen LogP contribution in [0.3, 0.4) is 0 Å². The molecule has 0 fully saturated rings. The summed E-state index contributed by atoms with van der Waals surface area (Å²) in [5.41, 5.74) is 18.9. The monoisotopic (exact) mass is 872 g/mol. The number of pyridine rings is 2. The second-order valence-electron chi connectivity index (χ2n) is 16.7. The smallest absolute Gasteiger partial charge is 0.137 e. The van der Waals surface area contributed by atoms with Gasteiger partial charge in [0.2, 0.25) is 0 Å². The Hall–Kier alpha value is -9.26. The summed E-state index contributed by atoms with van der Waals surface area (Å²) in [5.74, 6) is 0. The molecule has 0 saturated carbocycles. The van der Waals surface area contributed by atoms with E-state index in [1.807, 2.05) is 18.2 Å². The van der Waals surface area contributed by atoms with Crippen molar-refractivity contribution in [2.75, 3.05) is 9.80 Å². The summed E-state index contributed by atoms with van der Waals surface area (Å²) in [4.78, 5) is 14.9. The maximum absolute atomic E-state index is 5.17. The Morgan fingerprint density at radius 1 is 0.250 bits per heavy atom. The first-order valence-electron chi connectivity index (χ1n) is 22.9. The zero-order valence-corrected chi connectivity index (χ0v) is 37.1. The minimum absolute atomic E-state index is 0.912. The van der Waals surface area contributed by atoms with E-state index in [1.54, 1.807) is 0 Å². The fourth-order valence-corrected chi connectivity index (χ4v) is 9.35. The average Bonchev–Trinajstić information content (AvgIpc) is 4.01. The Bertz CT molecular complexity index is 3640. The van der Waals surface area contributed by atoms with Crippen molar-refractivity contribution in [1.82, 2.24) is 18.8 Å². The minimum atomic E-state index is 0.912. The van der Waals surface area contributed by atoms with Crippen LogP contribution < -0.4 is 9.80 Å². The van der Waals surface area contributed by atoms with E-state index in [4.69, 9.17) is 9.97 Å². The maximum Gasteiger partial charge on any atom is 0.137 e. The molecule has 0 spiro atoms. The molecule has 0 N–H and O–H groups in total. The van der Waals surface area contributed by atoms with Crippen LogP contribution in [0.5, 0.6) is 0 Å². The number of aromatic nitrogens is 4. The quantitative estimate of drug-likeness (QED) is 0.130. The van der Waals surface area contributed by atoms with Gasteiger partial charge in [-0.1, -0.05) is 158 Å². The number of rotatable bonds is 11. The SMILES string of the molecule is c1ccc(-c2nc3ccccn3c2-c2ccc(N(c3ccccc3)c3ccc(-c4ccc(N(c5ccccc5)c5cccc(-c6nc7ccccn7c6-c6ccccc6)c5)cc4)cc3)cc2)cc1. The van der Waals surface area contributed by atoms with Crippen molar-refractivity contribution in [2.24, 2.45) is 0 Å². The fourth-order valence-electron chi connectivity index (χ4n) is 9.35. The van der Waals surface area contributed by atoms with Gasteiger partial charge in [0.25, 0.3) is 0 Å². The number of hydrogen-bond acceptors (Lipinski definition) is 4. The Morgan fingerprint density at radius 3 is 1.07 bits per heavy atom. The molecule has 0 radical (unpaired) electrons. The first-order chi connectivity index (χ1) is 33.7. The summed E-state index contributed by atoms with van der Waals surface area (Å²) in [5, 5.41) is 0. The molecule has 0 aliphatic carbocycles. The number of benzene rings is 8. The van der Waals surface area contributed by atoms with Crippen LogP contribution in [0.25, 0.3) is 67.5 Å². The first-order valence-corrected chi connectivity index (χ1v) is 22.9. The molecule has 4 aromatic heterocycles. The number of para-hydroxylation sites is 2. The van der Waals surface area contributed by atoms with Crippen LogP contribution in [0.15, 0.2) is 267 Å². The van der Waals surface area contributed by atoms with Gasteiger partial charge in [-0.15, -0.1) is 0 Å². The minimum Gasteiger partial charge on any atom is -0.311 e. The molecule has 0 bridgehead atoms. The van der Waals surface area contributed by atoms with Gasteiger partial charge in [0.1, 0.15) is 11.3 Å². The van der Waals surface area contributed by atoms with Gasteiger partial charge in [-0.3, -0.25) is 8.80 Å². The summed E-state index contributed by atoms with van der Waals surface area (Å²) >= 11 is 0. The topological polar surface area (TPSA) is 41.1 Å². The highest BCUT2D eigenvalue weighted by molar-refractivity contribution is 5.87. The Morgan fingerprint density at radius 2 is 0.588 bits per heavy atom. The lowest BCUT2D eigenvalue weighted by Gasteiger charge is -2.26. The number of imidazole rings is 2. The first kappa shape index (κ1) is 40.3. The van der Waals surface area contributed by atoms with E-state index in [0.717, 1.165) is 102 Å². The van der Waals surface area contributed by atoms with E-state index in [2.05, 4.69) is 268 Å². The lowest BCUT2D eigenvalue weighted by molar-refractivity contribution is 1.19. The third-order valence-electron chi connectivity index (χ3n) is 12.5. The van der Waals surface area contributed by atoms with Crippen molar-refractivity contribution >= 4 is 45.4 Å². The van der Waals surface area contributed by atoms with Crippen LogP contribution in [-0.4, -0.2) is 18.8 Å². The standard InChI is InChI=1S/C62H44N6/c1-5-18-47(19-6-1)59-62(66-43-16-13-28-57(66)63-59)49-34-40-54(41-35-49)67(51-23-9-3-10-24-51)53-36-30-45(31-37-53)46-32-38-55(39-33-46)68(52-25-11-4-12-26-52)56-27-17-22-50(44-56)60-61(48-20-7-2-8-21-48)65-42-15-14-29-58(65)64-60/h1-44H. The zero-order chi connectivity index (χ0) is 45.2. The number of fused-ring (bicyclic) bond motifs is 2. The summed E-state index contributed by atoms with van der Waals surface area (Å²) in [6, 6.07) is 89.7. The maximum atomic E-state index is 5.17. The molecule has 0 atom stereocenters. The number of nitrogens with zero attached hydrogens (tertiary/aromatic N) is 6. The van der Waals surface area contributed by atoms with E-state index in [9.17, 15) is 0 Å². The average molecular weight is 873 g/mol. The molecule has 0 amide bonds. The van der Waals surface area contributed by atoms with Crippen molar-refractivity contribution in [1.29, 1.82) is 0 Å².